The third-order valence-corrected chi connectivity index (χ3v) is 6.23. The standard InChI is InChI=1S/C23H21NO3/c1-2-12-27-13-11-24-22(25)20-18-14-7-3-4-8-15(14)19(21(20)23(24)26)17-10-6-5-9-16(17)18/h2-10,18-21H,1,11-13H2/t18?,19?,20-,21-/m1/s1. The van der Waals surface area contributed by atoms with Gasteiger partial charge in [-0.3, -0.25) is 14.5 Å². The van der Waals surface area contributed by atoms with E-state index >= 15 is 0 Å². The van der Waals surface area contributed by atoms with Crippen LogP contribution in [-0.4, -0.2) is 36.5 Å². The summed E-state index contributed by atoms with van der Waals surface area (Å²) in [6, 6.07) is 16.6. The highest BCUT2D eigenvalue weighted by molar-refractivity contribution is 6.07. The molecule has 6 rings (SSSR count). The summed E-state index contributed by atoms with van der Waals surface area (Å²) in [6.45, 7) is 4.70. The Kier molecular flexibility index (Phi) is 3.76. The highest BCUT2D eigenvalue weighted by atomic mass is 16.5. The molecular formula is C23H21NO3. The summed E-state index contributed by atoms with van der Waals surface area (Å²) in [5, 5.41) is 0. The minimum Gasteiger partial charge on any atom is -0.376 e. The molecule has 0 unspecified atom stereocenters. The lowest BCUT2D eigenvalue weighted by Crippen LogP contribution is -2.41. The van der Waals surface area contributed by atoms with E-state index in [0.717, 1.165) is 0 Å². The summed E-state index contributed by atoms with van der Waals surface area (Å²) in [5.41, 5.74) is 4.81. The lowest BCUT2D eigenvalue weighted by molar-refractivity contribution is -0.140. The lowest BCUT2D eigenvalue weighted by atomic mass is 9.55. The van der Waals surface area contributed by atoms with Crippen molar-refractivity contribution < 1.29 is 14.3 Å². The van der Waals surface area contributed by atoms with Crippen LogP contribution in [0.15, 0.2) is 61.2 Å². The number of likely N-dealkylation sites (tertiary alicyclic amines) is 1. The van der Waals surface area contributed by atoms with Gasteiger partial charge in [0.2, 0.25) is 11.8 Å². The Hall–Kier alpha value is -2.72. The van der Waals surface area contributed by atoms with Crippen LogP contribution in [0, 0.1) is 11.8 Å². The predicted molar refractivity (Wildman–Crippen MR) is 101 cm³/mol. The average Bonchev–Trinajstić information content (AvgIpc) is 2.96. The Morgan fingerprint density at radius 2 is 1.30 bits per heavy atom. The smallest absolute Gasteiger partial charge is 0.234 e. The molecule has 1 fully saturated rings. The highest BCUT2D eigenvalue weighted by Gasteiger charge is 2.61. The van der Waals surface area contributed by atoms with E-state index in [1.807, 2.05) is 24.3 Å². The maximum absolute atomic E-state index is 13.3. The second kappa shape index (κ2) is 6.17. The van der Waals surface area contributed by atoms with Crippen LogP contribution in [0.25, 0.3) is 0 Å². The fourth-order valence-corrected chi connectivity index (χ4v) is 5.28. The molecular weight excluding hydrogens is 338 g/mol. The van der Waals surface area contributed by atoms with Crippen molar-refractivity contribution in [2.75, 3.05) is 19.8 Å². The van der Waals surface area contributed by atoms with Gasteiger partial charge in [-0.25, -0.2) is 0 Å². The molecule has 0 saturated carbocycles. The third kappa shape index (κ3) is 2.20. The molecule has 136 valence electrons. The lowest BCUT2D eigenvalue weighted by Gasteiger charge is -2.45. The molecule has 0 spiro atoms. The van der Waals surface area contributed by atoms with Crippen LogP contribution in [0.3, 0.4) is 0 Å². The van der Waals surface area contributed by atoms with Gasteiger partial charge in [0.05, 0.1) is 31.6 Å². The van der Waals surface area contributed by atoms with Crippen LogP contribution in [-0.2, 0) is 14.3 Å². The van der Waals surface area contributed by atoms with E-state index in [0.29, 0.717) is 19.8 Å². The van der Waals surface area contributed by atoms with Crippen molar-refractivity contribution in [3.05, 3.63) is 83.4 Å². The number of benzene rings is 2. The van der Waals surface area contributed by atoms with Gasteiger partial charge in [-0.2, -0.15) is 0 Å². The molecule has 4 nitrogen and oxygen atoms in total. The molecule has 4 aliphatic rings. The molecule has 1 heterocycles. The number of hydrogen-bond acceptors (Lipinski definition) is 3. The van der Waals surface area contributed by atoms with Gasteiger partial charge in [0.1, 0.15) is 0 Å². The Morgan fingerprint density at radius 1 is 0.852 bits per heavy atom. The van der Waals surface area contributed by atoms with Gasteiger partial charge in [0.25, 0.3) is 0 Å². The van der Waals surface area contributed by atoms with Gasteiger partial charge >= 0.3 is 0 Å². The molecule has 2 aromatic rings. The number of hydrogen-bond donors (Lipinski definition) is 0. The monoisotopic (exact) mass is 359 g/mol. The molecule has 1 aliphatic heterocycles. The third-order valence-electron chi connectivity index (χ3n) is 6.23. The van der Waals surface area contributed by atoms with Gasteiger partial charge in [0, 0.05) is 11.8 Å². The van der Waals surface area contributed by atoms with Crippen molar-refractivity contribution in [3.63, 3.8) is 0 Å². The highest BCUT2D eigenvalue weighted by Crippen LogP contribution is 2.60. The minimum absolute atomic E-state index is 0.0389. The second-order valence-electron chi connectivity index (χ2n) is 7.46. The number of carbonyl (C=O) groups excluding carboxylic acids is 2. The fraction of sp³-hybridized carbons (Fsp3) is 0.304. The molecule has 2 amide bonds. The first kappa shape index (κ1) is 16.5. The first-order chi connectivity index (χ1) is 13.2. The Morgan fingerprint density at radius 3 is 1.70 bits per heavy atom. The number of nitrogens with zero attached hydrogens (tertiary/aromatic N) is 1. The molecule has 1 saturated heterocycles. The summed E-state index contributed by atoms with van der Waals surface area (Å²) in [7, 11) is 0. The number of ether oxygens (including phenoxy) is 1. The van der Waals surface area contributed by atoms with Crippen LogP contribution in [0.5, 0.6) is 0 Å². The summed E-state index contributed by atoms with van der Waals surface area (Å²) in [4.78, 5) is 27.9. The van der Waals surface area contributed by atoms with Crippen molar-refractivity contribution in [1.82, 2.24) is 4.90 Å². The molecule has 4 heteroatoms. The molecule has 0 aromatic heterocycles. The first-order valence-corrected chi connectivity index (χ1v) is 9.45. The number of imide groups is 1. The van der Waals surface area contributed by atoms with E-state index in [9.17, 15) is 9.59 Å². The quantitative estimate of drug-likeness (QED) is 0.468. The molecule has 27 heavy (non-hydrogen) atoms. The Labute approximate surface area is 158 Å². The predicted octanol–water partition coefficient (Wildman–Crippen LogP) is 3.08. The molecule has 2 aromatic carbocycles. The van der Waals surface area contributed by atoms with Gasteiger partial charge in [-0.05, 0) is 22.3 Å². The van der Waals surface area contributed by atoms with Crippen LogP contribution in [0.1, 0.15) is 34.1 Å². The van der Waals surface area contributed by atoms with E-state index in [2.05, 4.69) is 30.8 Å². The average molecular weight is 359 g/mol. The number of amides is 2. The second-order valence-corrected chi connectivity index (χ2v) is 7.46. The summed E-state index contributed by atoms with van der Waals surface area (Å²) < 4.78 is 5.42. The van der Waals surface area contributed by atoms with Gasteiger partial charge in [-0.15, -0.1) is 6.58 Å². The van der Waals surface area contributed by atoms with Crippen LogP contribution in [0.4, 0.5) is 0 Å². The van der Waals surface area contributed by atoms with E-state index in [1.54, 1.807) is 6.08 Å². The Balaban J connectivity index is 1.58. The zero-order valence-corrected chi connectivity index (χ0v) is 15.0. The molecule has 0 radical (unpaired) electrons. The van der Waals surface area contributed by atoms with Gasteiger partial charge in [0.15, 0.2) is 0 Å². The van der Waals surface area contributed by atoms with E-state index < -0.39 is 0 Å². The van der Waals surface area contributed by atoms with Gasteiger partial charge in [-0.1, -0.05) is 54.6 Å². The van der Waals surface area contributed by atoms with E-state index in [-0.39, 0.29) is 35.5 Å². The number of carbonyl (C=O) groups is 2. The molecule has 2 bridgehead atoms. The van der Waals surface area contributed by atoms with Crippen LogP contribution in [0.2, 0.25) is 0 Å². The van der Waals surface area contributed by atoms with Crippen molar-refractivity contribution in [3.8, 4) is 0 Å². The van der Waals surface area contributed by atoms with Crippen molar-refractivity contribution >= 4 is 11.8 Å². The van der Waals surface area contributed by atoms with E-state index in [4.69, 9.17) is 4.74 Å². The summed E-state index contributed by atoms with van der Waals surface area (Å²) in [5.74, 6) is -0.776. The first-order valence-electron chi connectivity index (χ1n) is 9.45. The zero-order valence-electron chi connectivity index (χ0n) is 15.0. The van der Waals surface area contributed by atoms with Crippen LogP contribution >= 0.6 is 0 Å². The SMILES string of the molecule is C=CCOCCN1C(=O)[C@@H]2C3c4ccccc4C(c4ccccc43)[C@H]2C1=O. The molecule has 0 N–H and O–H groups in total. The van der Waals surface area contributed by atoms with Crippen molar-refractivity contribution in [2.45, 2.75) is 11.8 Å². The zero-order chi connectivity index (χ0) is 18.5. The maximum atomic E-state index is 13.3. The fourth-order valence-electron chi connectivity index (χ4n) is 5.28. The minimum atomic E-state index is -0.299. The Bertz CT molecular complexity index is 835. The molecule has 2 atom stereocenters. The maximum Gasteiger partial charge on any atom is 0.234 e. The van der Waals surface area contributed by atoms with Gasteiger partial charge < -0.3 is 4.74 Å². The summed E-state index contributed by atoms with van der Waals surface area (Å²) in [6.07, 6.45) is 1.67. The van der Waals surface area contributed by atoms with Crippen molar-refractivity contribution in [2.24, 2.45) is 11.8 Å². The summed E-state index contributed by atoms with van der Waals surface area (Å²) >= 11 is 0. The van der Waals surface area contributed by atoms with Crippen molar-refractivity contribution in [1.29, 1.82) is 0 Å². The normalized spacial score (nSPS) is 27.3. The number of rotatable bonds is 5. The van der Waals surface area contributed by atoms with E-state index in [1.165, 1.54) is 27.2 Å². The van der Waals surface area contributed by atoms with Crippen LogP contribution < -0.4 is 0 Å². The topological polar surface area (TPSA) is 46.6 Å². The largest absolute Gasteiger partial charge is 0.376 e. The molecule has 3 aliphatic carbocycles.